The van der Waals surface area contributed by atoms with Gasteiger partial charge in [0.15, 0.2) is 22.7 Å². The van der Waals surface area contributed by atoms with Crippen molar-refractivity contribution in [1.29, 1.82) is 0 Å². The normalized spacial score (nSPS) is 11.5. The van der Waals surface area contributed by atoms with Gasteiger partial charge in [0.25, 0.3) is 5.56 Å². The molecule has 0 aliphatic carbocycles. The van der Waals surface area contributed by atoms with Crippen molar-refractivity contribution in [2.24, 2.45) is 7.05 Å². The molecule has 0 saturated carbocycles. The lowest BCUT2D eigenvalue weighted by molar-refractivity contribution is 0.277. The number of rotatable bonds is 8. The predicted octanol–water partition coefficient (Wildman–Crippen LogP) is 1.10. The van der Waals surface area contributed by atoms with Gasteiger partial charge in [0.1, 0.15) is 0 Å². The molecule has 4 rings (SSSR count). The van der Waals surface area contributed by atoms with E-state index in [2.05, 4.69) is 4.98 Å². The van der Waals surface area contributed by atoms with E-state index in [1.54, 1.807) is 25.7 Å². The summed E-state index contributed by atoms with van der Waals surface area (Å²) in [7, 11) is 4.81. The van der Waals surface area contributed by atoms with Crippen LogP contribution in [0.5, 0.6) is 11.5 Å². The molecule has 0 amide bonds. The second-order valence-electron chi connectivity index (χ2n) is 7.69. The highest BCUT2D eigenvalue weighted by molar-refractivity contribution is 5.75. The number of fused-ring (bicyclic) bond motifs is 3. The van der Waals surface area contributed by atoms with Crippen LogP contribution < -0.4 is 20.7 Å². The fourth-order valence-electron chi connectivity index (χ4n) is 4.03. The third-order valence-electron chi connectivity index (χ3n) is 5.75. The maximum absolute atomic E-state index is 13.1. The minimum absolute atomic E-state index is 0.0962. The molecule has 1 aromatic carbocycles. The number of nitrogens with zero attached hydrogens (tertiary/aromatic N) is 5. The Bertz CT molecular complexity index is 1410. The number of hydrogen-bond acceptors (Lipinski definition) is 6. The number of benzene rings is 1. The van der Waals surface area contributed by atoms with Gasteiger partial charge in [-0.3, -0.25) is 18.3 Å². The number of aryl methyl sites for hydroxylation is 4. The van der Waals surface area contributed by atoms with Crippen molar-refractivity contribution in [2.75, 3.05) is 20.8 Å². The van der Waals surface area contributed by atoms with Crippen LogP contribution in [0.1, 0.15) is 17.7 Å². The van der Waals surface area contributed by atoms with Gasteiger partial charge in [0.05, 0.1) is 14.2 Å². The zero-order valence-electron chi connectivity index (χ0n) is 18.7. The Labute approximate surface area is 183 Å². The second kappa shape index (κ2) is 8.54. The van der Waals surface area contributed by atoms with Crippen LogP contribution in [0.25, 0.3) is 16.9 Å². The Morgan fingerprint density at radius 3 is 2.50 bits per heavy atom. The number of imidazole rings is 2. The molecule has 4 aromatic rings. The molecule has 0 saturated heterocycles. The predicted molar refractivity (Wildman–Crippen MR) is 120 cm³/mol. The van der Waals surface area contributed by atoms with E-state index in [1.807, 2.05) is 35.9 Å². The molecular formula is C22H27N5O5. The molecule has 0 unspecified atom stereocenters. The standard InChI is InChI=1S/C22H27N5O5/c1-14-13-27-18-19(24(2)22(30)26(20(18)29)9-5-11-28)23-21(27)25(14)10-8-15-6-7-16(31-3)17(12-15)32-4/h6-7,12-13,28H,5,8-11H2,1-4H3. The molecule has 0 aliphatic heterocycles. The summed E-state index contributed by atoms with van der Waals surface area (Å²) in [4.78, 5) is 30.4. The lowest BCUT2D eigenvalue weighted by atomic mass is 10.1. The van der Waals surface area contributed by atoms with Gasteiger partial charge in [-0.25, -0.2) is 4.79 Å². The average molecular weight is 441 g/mol. The van der Waals surface area contributed by atoms with Crippen molar-refractivity contribution in [3.8, 4) is 11.5 Å². The molecule has 10 heteroatoms. The van der Waals surface area contributed by atoms with Gasteiger partial charge in [0, 0.05) is 38.6 Å². The van der Waals surface area contributed by atoms with E-state index in [0.29, 0.717) is 47.8 Å². The first-order valence-electron chi connectivity index (χ1n) is 10.4. The highest BCUT2D eigenvalue weighted by Crippen LogP contribution is 2.28. The Hall–Kier alpha value is -3.53. The van der Waals surface area contributed by atoms with E-state index in [4.69, 9.17) is 14.6 Å². The zero-order valence-corrected chi connectivity index (χ0v) is 18.7. The molecule has 170 valence electrons. The molecule has 32 heavy (non-hydrogen) atoms. The van der Waals surface area contributed by atoms with Gasteiger partial charge < -0.3 is 19.1 Å². The Kier molecular flexibility index (Phi) is 5.79. The van der Waals surface area contributed by atoms with E-state index < -0.39 is 11.2 Å². The maximum Gasteiger partial charge on any atom is 0.332 e. The molecule has 10 nitrogen and oxygen atoms in total. The lowest BCUT2D eigenvalue weighted by Crippen LogP contribution is -2.39. The maximum atomic E-state index is 13.1. The molecule has 0 atom stereocenters. The SMILES string of the molecule is COc1ccc(CCn2c(C)cn3c4c(=O)n(CCCO)c(=O)n(C)c4nc23)cc1OC. The number of hydrogen-bond donors (Lipinski definition) is 1. The lowest BCUT2D eigenvalue weighted by Gasteiger charge is -2.10. The third-order valence-corrected chi connectivity index (χ3v) is 5.75. The van der Waals surface area contributed by atoms with Crippen LogP contribution in [0, 0.1) is 6.92 Å². The minimum atomic E-state index is -0.440. The van der Waals surface area contributed by atoms with Crippen molar-refractivity contribution in [3.05, 3.63) is 56.5 Å². The largest absolute Gasteiger partial charge is 0.493 e. The number of ether oxygens (including phenoxy) is 2. The van der Waals surface area contributed by atoms with Crippen LogP contribution in [0.3, 0.4) is 0 Å². The molecular weight excluding hydrogens is 414 g/mol. The molecule has 0 radical (unpaired) electrons. The number of aliphatic hydroxyl groups is 1. The van der Waals surface area contributed by atoms with Crippen molar-refractivity contribution in [3.63, 3.8) is 0 Å². The summed E-state index contributed by atoms with van der Waals surface area (Å²) in [6.07, 6.45) is 2.91. The Morgan fingerprint density at radius 2 is 1.81 bits per heavy atom. The van der Waals surface area contributed by atoms with Crippen LogP contribution in [0.4, 0.5) is 0 Å². The van der Waals surface area contributed by atoms with Crippen LogP contribution in [-0.4, -0.2) is 49.0 Å². The average Bonchev–Trinajstić information content (AvgIpc) is 3.30. The third kappa shape index (κ3) is 3.46. The fraction of sp³-hybridized carbons (Fsp3) is 0.409. The molecule has 0 spiro atoms. The van der Waals surface area contributed by atoms with Gasteiger partial charge in [-0.2, -0.15) is 4.98 Å². The van der Waals surface area contributed by atoms with E-state index in [0.717, 1.165) is 15.8 Å². The van der Waals surface area contributed by atoms with E-state index in [-0.39, 0.29) is 13.2 Å². The first-order valence-corrected chi connectivity index (χ1v) is 10.4. The molecule has 0 aliphatic rings. The summed E-state index contributed by atoms with van der Waals surface area (Å²) in [6.45, 7) is 2.65. The summed E-state index contributed by atoms with van der Waals surface area (Å²) in [6, 6.07) is 5.81. The smallest absolute Gasteiger partial charge is 0.332 e. The van der Waals surface area contributed by atoms with Crippen LogP contribution in [0.15, 0.2) is 34.0 Å². The van der Waals surface area contributed by atoms with Crippen molar-refractivity contribution in [1.82, 2.24) is 23.1 Å². The van der Waals surface area contributed by atoms with E-state index >= 15 is 0 Å². The molecule has 0 fully saturated rings. The highest BCUT2D eigenvalue weighted by atomic mass is 16.5. The summed E-state index contributed by atoms with van der Waals surface area (Å²) >= 11 is 0. The molecule has 3 heterocycles. The van der Waals surface area contributed by atoms with Gasteiger partial charge in [0.2, 0.25) is 5.78 Å². The van der Waals surface area contributed by atoms with Crippen molar-refractivity contribution < 1.29 is 14.6 Å². The van der Waals surface area contributed by atoms with E-state index in [9.17, 15) is 9.59 Å². The Morgan fingerprint density at radius 1 is 1.06 bits per heavy atom. The second-order valence-corrected chi connectivity index (χ2v) is 7.69. The van der Waals surface area contributed by atoms with Gasteiger partial charge >= 0.3 is 5.69 Å². The van der Waals surface area contributed by atoms with Crippen LogP contribution in [0.2, 0.25) is 0 Å². The molecule has 1 N–H and O–H groups in total. The minimum Gasteiger partial charge on any atom is -0.493 e. The van der Waals surface area contributed by atoms with E-state index in [1.165, 1.54) is 4.57 Å². The molecule has 0 bridgehead atoms. The summed E-state index contributed by atoms with van der Waals surface area (Å²) in [5.41, 5.74) is 1.88. The number of aromatic nitrogens is 5. The topological polar surface area (TPSA) is 105 Å². The van der Waals surface area contributed by atoms with Gasteiger partial charge in [-0.1, -0.05) is 6.07 Å². The van der Waals surface area contributed by atoms with Gasteiger partial charge in [-0.15, -0.1) is 0 Å². The van der Waals surface area contributed by atoms with Gasteiger partial charge in [-0.05, 0) is 37.5 Å². The number of aliphatic hydroxyl groups excluding tert-OH is 1. The van der Waals surface area contributed by atoms with Crippen LogP contribution in [-0.2, 0) is 26.6 Å². The van der Waals surface area contributed by atoms with Crippen molar-refractivity contribution in [2.45, 2.75) is 32.9 Å². The monoisotopic (exact) mass is 441 g/mol. The quantitative estimate of drug-likeness (QED) is 0.439. The summed E-state index contributed by atoms with van der Waals surface area (Å²) < 4.78 is 17.0. The van der Waals surface area contributed by atoms with Crippen molar-refractivity contribution >= 4 is 16.9 Å². The zero-order chi connectivity index (χ0) is 23.0. The highest BCUT2D eigenvalue weighted by Gasteiger charge is 2.20. The summed E-state index contributed by atoms with van der Waals surface area (Å²) in [5.74, 6) is 1.95. The fourth-order valence-corrected chi connectivity index (χ4v) is 4.03. The first kappa shape index (κ1) is 21.7. The Balaban J connectivity index is 1.77. The summed E-state index contributed by atoms with van der Waals surface area (Å²) in [5, 5.41) is 9.12. The molecule has 3 aromatic heterocycles. The number of methoxy groups -OCH3 is 2. The van der Waals surface area contributed by atoms with Crippen LogP contribution >= 0.6 is 0 Å². The first-order chi connectivity index (χ1) is 15.4.